The highest BCUT2D eigenvalue weighted by Gasteiger charge is 2.31. The van der Waals surface area contributed by atoms with Crippen molar-refractivity contribution in [2.75, 3.05) is 50.6 Å². The predicted octanol–water partition coefficient (Wildman–Crippen LogP) is 4.13. The average Bonchev–Trinajstić information content (AvgIpc) is 2.74. The fourth-order valence-corrected chi connectivity index (χ4v) is 3.26. The van der Waals surface area contributed by atoms with Gasteiger partial charge in [0.25, 0.3) is 0 Å². The van der Waals surface area contributed by atoms with Crippen molar-refractivity contribution in [3.63, 3.8) is 0 Å². The third-order valence-electron chi connectivity index (χ3n) is 4.68. The van der Waals surface area contributed by atoms with Crippen molar-refractivity contribution in [2.24, 2.45) is 0 Å². The summed E-state index contributed by atoms with van der Waals surface area (Å²) in [6.07, 6.45) is -3.61. The largest absolute Gasteiger partial charge is 0.495 e. The van der Waals surface area contributed by atoms with Gasteiger partial charge in [0.2, 0.25) is 0 Å². The number of benzene rings is 1. The second kappa shape index (κ2) is 8.86. The maximum absolute atomic E-state index is 12.7. The number of aromatic nitrogens is 1. The monoisotopic (exact) mass is 444 g/mol. The lowest BCUT2D eigenvalue weighted by Gasteiger charge is -2.35. The highest BCUT2D eigenvalue weighted by atomic mass is 35.5. The third-order valence-corrected chi connectivity index (χ3v) is 4.98. The highest BCUT2D eigenvalue weighted by molar-refractivity contribution is 6.32. The summed E-state index contributed by atoms with van der Waals surface area (Å²) in [5.41, 5.74) is -0.382. The number of urea groups is 1. The number of nitrogens with one attached hydrogen (secondary N) is 1. The molecule has 1 aromatic heterocycles. The highest BCUT2D eigenvalue weighted by Crippen LogP contribution is 2.36. The van der Waals surface area contributed by atoms with Crippen LogP contribution in [0.1, 0.15) is 5.56 Å². The number of alkyl halides is 3. The van der Waals surface area contributed by atoms with Crippen molar-refractivity contribution in [1.82, 2.24) is 9.88 Å². The Bertz CT molecular complexity index is 901. The quantitative estimate of drug-likeness (QED) is 0.768. The molecule has 1 N–H and O–H groups in total. The van der Waals surface area contributed by atoms with Crippen LogP contribution in [0.2, 0.25) is 5.02 Å². The normalized spacial score (nSPS) is 14.5. The zero-order valence-corrected chi connectivity index (χ0v) is 17.0. The summed E-state index contributed by atoms with van der Waals surface area (Å²) in [4.78, 5) is 20.0. The molecule has 0 spiro atoms. The van der Waals surface area contributed by atoms with Crippen LogP contribution in [-0.2, 0) is 6.18 Å². The van der Waals surface area contributed by atoms with Gasteiger partial charge in [0.15, 0.2) is 0 Å². The number of anilines is 2. The van der Waals surface area contributed by atoms with Gasteiger partial charge in [0.05, 0.1) is 30.5 Å². The molecule has 7 nitrogen and oxygen atoms in total. The van der Waals surface area contributed by atoms with E-state index in [-0.39, 0.29) is 6.03 Å². The molecule has 0 unspecified atom stereocenters. The van der Waals surface area contributed by atoms with Gasteiger partial charge in [-0.1, -0.05) is 11.6 Å². The number of amides is 2. The van der Waals surface area contributed by atoms with Crippen molar-refractivity contribution in [2.45, 2.75) is 6.18 Å². The van der Waals surface area contributed by atoms with Crippen LogP contribution in [0, 0.1) is 0 Å². The minimum Gasteiger partial charge on any atom is -0.495 e. The molecule has 0 bridgehead atoms. The standard InChI is InChI=1S/C19H20ClF3N4O3/c1-29-15-10-14(16(30-2)9-13(15)20)25-18(28)27-7-5-26(6-8-27)17-4-3-12(11-24-17)19(21,22)23/h3-4,9-11H,5-8H2,1-2H3,(H,25,28). The number of rotatable bonds is 4. The lowest BCUT2D eigenvalue weighted by atomic mass is 10.2. The number of hydrogen-bond donors (Lipinski definition) is 1. The molecule has 162 valence electrons. The molecule has 30 heavy (non-hydrogen) atoms. The van der Waals surface area contributed by atoms with Crippen molar-refractivity contribution in [3.8, 4) is 11.5 Å². The van der Waals surface area contributed by atoms with Crippen LogP contribution in [0.25, 0.3) is 0 Å². The van der Waals surface area contributed by atoms with E-state index < -0.39 is 11.7 Å². The summed E-state index contributed by atoms with van der Waals surface area (Å²) < 4.78 is 48.4. The topological polar surface area (TPSA) is 66.9 Å². The lowest BCUT2D eigenvalue weighted by molar-refractivity contribution is -0.137. The first-order valence-electron chi connectivity index (χ1n) is 8.98. The second-order valence-electron chi connectivity index (χ2n) is 6.49. The van der Waals surface area contributed by atoms with E-state index in [4.69, 9.17) is 21.1 Å². The summed E-state index contributed by atoms with van der Waals surface area (Å²) in [6, 6.07) is 5.12. The van der Waals surface area contributed by atoms with Crippen LogP contribution in [0.5, 0.6) is 11.5 Å². The first-order chi connectivity index (χ1) is 14.2. The number of piperazine rings is 1. The van der Waals surface area contributed by atoms with Crippen LogP contribution in [-0.4, -0.2) is 56.3 Å². The molecular weight excluding hydrogens is 425 g/mol. The van der Waals surface area contributed by atoms with E-state index in [1.165, 1.54) is 20.3 Å². The Labute approximate surface area is 176 Å². The molecule has 1 aliphatic rings. The SMILES string of the molecule is COc1cc(NC(=O)N2CCN(c3ccc(C(F)(F)F)cn3)CC2)c(OC)cc1Cl. The van der Waals surface area contributed by atoms with Gasteiger partial charge in [0.1, 0.15) is 17.3 Å². The smallest absolute Gasteiger partial charge is 0.417 e. The Hall–Kier alpha value is -2.88. The summed E-state index contributed by atoms with van der Waals surface area (Å²) in [5.74, 6) is 1.22. The molecule has 0 atom stereocenters. The van der Waals surface area contributed by atoms with Crippen molar-refractivity contribution in [1.29, 1.82) is 0 Å². The van der Waals surface area contributed by atoms with Gasteiger partial charge in [-0.15, -0.1) is 0 Å². The number of halogens is 4. The van der Waals surface area contributed by atoms with E-state index in [1.807, 2.05) is 4.90 Å². The molecule has 2 heterocycles. The summed E-state index contributed by atoms with van der Waals surface area (Å²) in [5, 5.41) is 3.13. The molecule has 2 amide bonds. The minimum absolute atomic E-state index is 0.335. The number of hydrogen-bond acceptors (Lipinski definition) is 5. The Kier molecular flexibility index (Phi) is 6.45. The Balaban J connectivity index is 1.62. The first kappa shape index (κ1) is 21.8. The molecule has 1 saturated heterocycles. The zero-order chi connectivity index (χ0) is 21.9. The van der Waals surface area contributed by atoms with Crippen LogP contribution in [0.3, 0.4) is 0 Å². The van der Waals surface area contributed by atoms with Crippen molar-refractivity contribution < 1.29 is 27.4 Å². The molecule has 1 fully saturated rings. The molecule has 1 aromatic carbocycles. The molecule has 1 aliphatic heterocycles. The molecule has 2 aromatic rings. The van der Waals surface area contributed by atoms with Gasteiger partial charge in [-0.05, 0) is 12.1 Å². The number of methoxy groups -OCH3 is 2. The van der Waals surface area contributed by atoms with Crippen molar-refractivity contribution >= 4 is 29.1 Å². The number of ether oxygens (including phenoxy) is 2. The van der Waals surface area contributed by atoms with Crippen LogP contribution >= 0.6 is 11.6 Å². The molecule has 3 rings (SSSR count). The van der Waals surface area contributed by atoms with Crippen molar-refractivity contribution in [3.05, 3.63) is 41.0 Å². The maximum Gasteiger partial charge on any atom is 0.417 e. The minimum atomic E-state index is -4.42. The van der Waals surface area contributed by atoms with E-state index in [0.29, 0.717) is 54.2 Å². The second-order valence-corrected chi connectivity index (χ2v) is 6.90. The summed E-state index contributed by atoms with van der Waals surface area (Å²) in [7, 11) is 2.93. The van der Waals surface area contributed by atoms with E-state index in [2.05, 4.69) is 10.3 Å². The van der Waals surface area contributed by atoms with E-state index >= 15 is 0 Å². The maximum atomic E-state index is 12.7. The fourth-order valence-electron chi connectivity index (χ4n) is 3.03. The molecule has 0 radical (unpaired) electrons. The van der Waals surface area contributed by atoms with E-state index in [0.717, 1.165) is 12.3 Å². The van der Waals surface area contributed by atoms with E-state index in [9.17, 15) is 18.0 Å². The number of pyridine rings is 1. The first-order valence-corrected chi connectivity index (χ1v) is 9.36. The van der Waals surface area contributed by atoms with Gasteiger partial charge in [-0.3, -0.25) is 0 Å². The molecule has 0 aliphatic carbocycles. The summed E-state index contributed by atoms with van der Waals surface area (Å²) in [6.45, 7) is 1.63. The number of nitrogens with zero attached hydrogens (tertiary/aromatic N) is 3. The predicted molar refractivity (Wildman–Crippen MR) is 107 cm³/mol. The van der Waals surface area contributed by atoms with Crippen LogP contribution in [0.4, 0.5) is 29.5 Å². The summed E-state index contributed by atoms with van der Waals surface area (Å²) >= 11 is 6.07. The Morgan fingerprint density at radius 1 is 1.10 bits per heavy atom. The van der Waals surface area contributed by atoms with Crippen LogP contribution < -0.4 is 19.7 Å². The van der Waals surface area contributed by atoms with Gasteiger partial charge in [-0.2, -0.15) is 13.2 Å². The molecule has 11 heteroatoms. The Morgan fingerprint density at radius 2 is 1.77 bits per heavy atom. The lowest BCUT2D eigenvalue weighted by Crippen LogP contribution is -2.50. The molecular formula is C19H20ClF3N4O3. The van der Waals surface area contributed by atoms with Crippen LogP contribution in [0.15, 0.2) is 30.5 Å². The molecule has 0 saturated carbocycles. The number of carbonyl (C=O) groups excluding carboxylic acids is 1. The van der Waals surface area contributed by atoms with Gasteiger partial charge < -0.3 is 24.6 Å². The average molecular weight is 445 g/mol. The number of carbonyl (C=O) groups is 1. The fraction of sp³-hybridized carbons (Fsp3) is 0.368. The Morgan fingerprint density at radius 3 is 2.30 bits per heavy atom. The van der Waals surface area contributed by atoms with Gasteiger partial charge in [0, 0.05) is 44.5 Å². The van der Waals surface area contributed by atoms with Gasteiger partial charge >= 0.3 is 12.2 Å². The van der Waals surface area contributed by atoms with Gasteiger partial charge in [-0.25, -0.2) is 9.78 Å². The third kappa shape index (κ3) is 4.81. The zero-order valence-electron chi connectivity index (χ0n) is 16.3. The van der Waals surface area contributed by atoms with E-state index in [1.54, 1.807) is 17.0 Å².